The monoisotopic (exact) mass is 433 g/mol. The van der Waals surface area contributed by atoms with Gasteiger partial charge in [-0.3, -0.25) is 14.9 Å². The molecule has 0 aliphatic heterocycles. The molecular weight excluding hydrogens is 410 g/mol. The van der Waals surface area contributed by atoms with Crippen LogP contribution in [0.25, 0.3) is 0 Å². The quantitative estimate of drug-likeness (QED) is 0.484. The van der Waals surface area contributed by atoms with E-state index in [1.54, 1.807) is 60.7 Å². The van der Waals surface area contributed by atoms with Gasteiger partial charge >= 0.3 is 0 Å². The predicted molar refractivity (Wildman–Crippen MR) is 127 cm³/mol. The maximum absolute atomic E-state index is 12.7. The average molecular weight is 434 g/mol. The van der Waals surface area contributed by atoms with E-state index in [1.165, 1.54) is 0 Å². The van der Waals surface area contributed by atoms with Gasteiger partial charge in [-0.15, -0.1) is 0 Å². The second-order valence-electron chi connectivity index (χ2n) is 6.94. The van der Waals surface area contributed by atoms with E-state index < -0.39 is 5.91 Å². The number of carbonyl (C=O) groups excluding carboxylic acids is 2. The number of carbonyl (C=O) groups is 2. The minimum atomic E-state index is -0.403. The molecule has 31 heavy (non-hydrogen) atoms. The van der Waals surface area contributed by atoms with E-state index in [4.69, 9.17) is 17.0 Å². The van der Waals surface area contributed by atoms with Gasteiger partial charge in [0, 0.05) is 5.69 Å². The first-order valence-corrected chi connectivity index (χ1v) is 10.2. The standard InChI is InChI=1S/C24H23N3O3S/c1-16(2)30-21-15-9-7-13-19(21)23(29)27-24(31)26-20-14-8-6-12-18(20)22(28)25-17-10-4-3-5-11-17/h3-16H,1-2H3,(H,25,28)(H2,26,27,29,31). The number of hydrogen-bond donors (Lipinski definition) is 3. The molecule has 3 rings (SSSR count). The van der Waals surface area contributed by atoms with Gasteiger partial charge in [0.05, 0.1) is 22.9 Å². The van der Waals surface area contributed by atoms with Crippen molar-refractivity contribution in [2.45, 2.75) is 20.0 Å². The number of ether oxygens (including phenoxy) is 1. The Labute approximate surface area is 186 Å². The van der Waals surface area contributed by atoms with Gasteiger partial charge in [-0.2, -0.15) is 0 Å². The van der Waals surface area contributed by atoms with Crippen LogP contribution in [0.1, 0.15) is 34.6 Å². The summed E-state index contributed by atoms with van der Waals surface area (Å²) in [6.07, 6.45) is -0.0750. The predicted octanol–water partition coefficient (Wildman–Crippen LogP) is 4.85. The van der Waals surface area contributed by atoms with Crippen molar-refractivity contribution in [2.75, 3.05) is 10.6 Å². The van der Waals surface area contributed by atoms with Gasteiger partial charge in [0.15, 0.2) is 5.11 Å². The van der Waals surface area contributed by atoms with E-state index in [0.29, 0.717) is 28.3 Å². The number of benzene rings is 3. The zero-order chi connectivity index (χ0) is 22.2. The highest BCUT2D eigenvalue weighted by Crippen LogP contribution is 2.20. The van der Waals surface area contributed by atoms with Gasteiger partial charge < -0.3 is 15.4 Å². The Balaban J connectivity index is 1.70. The average Bonchev–Trinajstić information content (AvgIpc) is 2.74. The molecule has 0 radical (unpaired) electrons. The highest BCUT2D eigenvalue weighted by molar-refractivity contribution is 7.80. The Morgan fingerprint density at radius 3 is 2.10 bits per heavy atom. The van der Waals surface area contributed by atoms with Crippen LogP contribution in [0, 0.1) is 0 Å². The van der Waals surface area contributed by atoms with Crippen LogP contribution >= 0.6 is 12.2 Å². The molecule has 6 nitrogen and oxygen atoms in total. The van der Waals surface area contributed by atoms with Gasteiger partial charge in [-0.1, -0.05) is 42.5 Å². The Morgan fingerprint density at radius 1 is 0.774 bits per heavy atom. The Bertz CT molecular complexity index is 1080. The topological polar surface area (TPSA) is 79.5 Å². The summed E-state index contributed by atoms with van der Waals surface area (Å²) in [5.74, 6) is -0.223. The highest BCUT2D eigenvalue weighted by Gasteiger charge is 2.16. The molecule has 3 aromatic rings. The molecule has 0 heterocycles. The first-order valence-electron chi connectivity index (χ1n) is 9.77. The Hall–Kier alpha value is -3.71. The summed E-state index contributed by atoms with van der Waals surface area (Å²) in [5, 5.41) is 8.49. The van der Waals surface area contributed by atoms with Gasteiger partial charge in [0.1, 0.15) is 5.75 Å². The summed E-state index contributed by atoms with van der Waals surface area (Å²) in [7, 11) is 0. The van der Waals surface area contributed by atoms with Crippen molar-refractivity contribution in [3.05, 3.63) is 90.0 Å². The van der Waals surface area contributed by atoms with Crippen LogP contribution in [0.15, 0.2) is 78.9 Å². The van der Waals surface area contributed by atoms with Gasteiger partial charge in [-0.05, 0) is 62.5 Å². The second kappa shape index (κ2) is 10.4. The first kappa shape index (κ1) is 22.0. The number of hydrogen-bond acceptors (Lipinski definition) is 4. The fraction of sp³-hybridized carbons (Fsp3) is 0.125. The van der Waals surface area contributed by atoms with Crippen molar-refractivity contribution in [2.24, 2.45) is 0 Å². The summed E-state index contributed by atoms with van der Waals surface area (Å²) in [6, 6.07) is 23.0. The summed E-state index contributed by atoms with van der Waals surface area (Å²) in [4.78, 5) is 25.4. The lowest BCUT2D eigenvalue weighted by molar-refractivity contribution is 0.0971. The zero-order valence-electron chi connectivity index (χ0n) is 17.2. The fourth-order valence-corrected chi connectivity index (χ4v) is 3.05. The molecule has 158 valence electrons. The molecule has 0 saturated heterocycles. The van der Waals surface area contributed by atoms with Crippen LogP contribution in [0.5, 0.6) is 5.75 Å². The van der Waals surface area contributed by atoms with Gasteiger partial charge in [-0.25, -0.2) is 0 Å². The van der Waals surface area contributed by atoms with E-state index in [0.717, 1.165) is 0 Å². The third-order valence-corrected chi connectivity index (χ3v) is 4.38. The Morgan fingerprint density at radius 2 is 1.39 bits per heavy atom. The van der Waals surface area contributed by atoms with Crippen LogP contribution in [-0.4, -0.2) is 23.0 Å². The maximum atomic E-state index is 12.7. The van der Waals surface area contributed by atoms with E-state index in [1.807, 2.05) is 32.0 Å². The molecule has 0 aromatic heterocycles. The first-order chi connectivity index (χ1) is 14.9. The summed E-state index contributed by atoms with van der Waals surface area (Å²) >= 11 is 5.30. The number of thiocarbonyl (C=S) groups is 1. The molecule has 0 saturated carbocycles. The largest absolute Gasteiger partial charge is 0.490 e. The maximum Gasteiger partial charge on any atom is 0.261 e. The van der Waals surface area contributed by atoms with Crippen molar-refractivity contribution < 1.29 is 14.3 Å². The normalized spacial score (nSPS) is 10.3. The lowest BCUT2D eigenvalue weighted by Crippen LogP contribution is -2.35. The molecule has 7 heteroatoms. The molecule has 0 aliphatic rings. The van der Waals surface area contributed by atoms with Crippen LogP contribution in [0.3, 0.4) is 0 Å². The minimum Gasteiger partial charge on any atom is -0.490 e. The van der Waals surface area contributed by atoms with E-state index in [9.17, 15) is 9.59 Å². The number of amides is 2. The van der Waals surface area contributed by atoms with Crippen molar-refractivity contribution in [3.63, 3.8) is 0 Å². The summed E-state index contributed by atoms with van der Waals surface area (Å²) in [6.45, 7) is 3.77. The van der Waals surface area contributed by atoms with Crippen molar-refractivity contribution in [3.8, 4) is 5.75 Å². The van der Waals surface area contributed by atoms with Gasteiger partial charge in [0.25, 0.3) is 11.8 Å². The molecule has 0 bridgehead atoms. The minimum absolute atomic E-state index is 0.0734. The van der Waals surface area contributed by atoms with E-state index in [2.05, 4.69) is 16.0 Å². The van der Waals surface area contributed by atoms with E-state index in [-0.39, 0.29) is 17.1 Å². The fourth-order valence-electron chi connectivity index (χ4n) is 2.84. The Kier molecular flexibility index (Phi) is 7.35. The molecule has 0 atom stereocenters. The molecule has 3 aromatic carbocycles. The molecular formula is C24H23N3O3S. The number of para-hydroxylation sites is 3. The lowest BCUT2D eigenvalue weighted by Gasteiger charge is -2.16. The number of rotatable bonds is 6. The SMILES string of the molecule is CC(C)Oc1ccccc1C(=O)NC(=S)Nc1ccccc1C(=O)Nc1ccccc1. The summed E-state index contributed by atoms with van der Waals surface area (Å²) in [5.41, 5.74) is 1.93. The molecule has 3 N–H and O–H groups in total. The van der Waals surface area contributed by atoms with Crippen molar-refractivity contribution in [1.82, 2.24) is 5.32 Å². The van der Waals surface area contributed by atoms with Crippen LogP contribution < -0.4 is 20.7 Å². The van der Waals surface area contributed by atoms with Crippen molar-refractivity contribution in [1.29, 1.82) is 0 Å². The molecule has 0 spiro atoms. The molecule has 2 amide bonds. The third kappa shape index (κ3) is 6.13. The van der Waals surface area contributed by atoms with Crippen molar-refractivity contribution >= 4 is 40.5 Å². The molecule has 0 unspecified atom stereocenters. The second-order valence-corrected chi connectivity index (χ2v) is 7.34. The van der Waals surface area contributed by atoms with Gasteiger partial charge in [0.2, 0.25) is 0 Å². The van der Waals surface area contributed by atoms with E-state index >= 15 is 0 Å². The van der Waals surface area contributed by atoms with Crippen LogP contribution in [0.4, 0.5) is 11.4 Å². The summed E-state index contributed by atoms with van der Waals surface area (Å²) < 4.78 is 5.70. The lowest BCUT2D eigenvalue weighted by atomic mass is 10.1. The third-order valence-electron chi connectivity index (χ3n) is 4.17. The zero-order valence-corrected chi connectivity index (χ0v) is 18.0. The van der Waals surface area contributed by atoms with Crippen LogP contribution in [-0.2, 0) is 0 Å². The number of anilines is 2. The van der Waals surface area contributed by atoms with Crippen LogP contribution in [0.2, 0.25) is 0 Å². The smallest absolute Gasteiger partial charge is 0.261 e. The number of nitrogens with one attached hydrogen (secondary N) is 3. The highest BCUT2D eigenvalue weighted by atomic mass is 32.1. The molecule has 0 aliphatic carbocycles. The molecule has 0 fully saturated rings.